The van der Waals surface area contributed by atoms with E-state index in [0.717, 1.165) is 39.0 Å². The number of amides is 1. The molecule has 1 aliphatic rings. The van der Waals surface area contributed by atoms with Crippen LogP contribution in [0.5, 0.6) is 23.0 Å². The van der Waals surface area contributed by atoms with E-state index < -0.39 is 0 Å². The van der Waals surface area contributed by atoms with Gasteiger partial charge in [-0.3, -0.25) is 4.79 Å². The van der Waals surface area contributed by atoms with Gasteiger partial charge in [0.25, 0.3) is 0 Å². The van der Waals surface area contributed by atoms with Gasteiger partial charge in [0, 0.05) is 35.5 Å². The molecule has 0 bridgehead atoms. The lowest BCUT2D eigenvalue weighted by molar-refractivity contribution is -0.131. The molecule has 1 aromatic heterocycles. The first-order valence-electron chi connectivity index (χ1n) is 10.6. The van der Waals surface area contributed by atoms with E-state index in [9.17, 15) is 4.79 Å². The van der Waals surface area contributed by atoms with Gasteiger partial charge in [-0.1, -0.05) is 6.92 Å². The Bertz CT molecular complexity index is 1170. The molecule has 0 saturated carbocycles. The summed E-state index contributed by atoms with van der Waals surface area (Å²) >= 11 is 0. The van der Waals surface area contributed by atoms with E-state index in [2.05, 4.69) is 0 Å². The van der Waals surface area contributed by atoms with Crippen molar-refractivity contribution in [1.82, 2.24) is 9.88 Å². The number of ether oxygens (including phenoxy) is 4. The summed E-state index contributed by atoms with van der Waals surface area (Å²) in [6.07, 6.45) is 0.459. The van der Waals surface area contributed by atoms with Crippen molar-refractivity contribution >= 4 is 16.8 Å². The van der Waals surface area contributed by atoms with E-state index in [-0.39, 0.29) is 5.91 Å². The minimum atomic E-state index is 0.101. The number of carbonyl (C=O) groups is 1. The Kier molecular flexibility index (Phi) is 6.08. The zero-order valence-electron chi connectivity index (χ0n) is 19.2. The molecule has 32 heavy (non-hydrogen) atoms. The average Bonchev–Trinajstić information content (AvgIpc) is 3.04. The van der Waals surface area contributed by atoms with Crippen LogP contribution in [0.3, 0.4) is 0 Å². The molecule has 0 radical (unpaired) electrons. The van der Waals surface area contributed by atoms with Gasteiger partial charge in [0.05, 0.1) is 33.6 Å². The molecule has 3 aromatic rings. The van der Waals surface area contributed by atoms with Crippen LogP contribution in [0.4, 0.5) is 0 Å². The van der Waals surface area contributed by atoms with Crippen molar-refractivity contribution in [3.8, 4) is 34.3 Å². The zero-order chi connectivity index (χ0) is 22.8. The van der Waals surface area contributed by atoms with Gasteiger partial charge >= 0.3 is 0 Å². The molecule has 2 heterocycles. The Morgan fingerprint density at radius 3 is 2.53 bits per heavy atom. The van der Waals surface area contributed by atoms with E-state index in [4.69, 9.17) is 23.9 Å². The maximum atomic E-state index is 12.4. The van der Waals surface area contributed by atoms with Gasteiger partial charge in [-0.2, -0.15) is 0 Å². The zero-order valence-corrected chi connectivity index (χ0v) is 19.2. The van der Waals surface area contributed by atoms with Crippen LogP contribution in [0.15, 0.2) is 30.3 Å². The summed E-state index contributed by atoms with van der Waals surface area (Å²) in [5, 5.41) is 0.967. The topological polar surface area (TPSA) is 70.1 Å². The molecule has 0 unspecified atom stereocenters. The highest BCUT2D eigenvalue weighted by Gasteiger charge is 2.23. The summed E-state index contributed by atoms with van der Waals surface area (Å²) < 4.78 is 22.6. The fourth-order valence-electron chi connectivity index (χ4n) is 4.08. The second-order valence-corrected chi connectivity index (χ2v) is 7.73. The van der Waals surface area contributed by atoms with E-state index >= 15 is 0 Å². The molecule has 0 saturated heterocycles. The van der Waals surface area contributed by atoms with Crippen molar-refractivity contribution in [2.75, 3.05) is 34.5 Å². The van der Waals surface area contributed by atoms with E-state index in [1.165, 1.54) is 0 Å². The lowest BCUT2D eigenvalue weighted by Gasteiger charge is -2.19. The molecule has 7 nitrogen and oxygen atoms in total. The third-order valence-corrected chi connectivity index (χ3v) is 5.79. The van der Waals surface area contributed by atoms with Gasteiger partial charge in [-0.15, -0.1) is 0 Å². The molecule has 168 valence electrons. The maximum absolute atomic E-state index is 12.4. The van der Waals surface area contributed by atoms with Gasteiger partial charge < -0.3 is 23.8 Å². The molecule has 1 amide bonds. The number of aromatic nitrogens is 1. The largest absolute Gasteiger partial charge is 0.497 e. The predicted octanol–water partition coefficient (Wildman–Crippen LogP) is 4.37. The number of benzene rings is 2. The van der Waals surface area contributed by atoms with Gasteiger partial charge in [-0.25, -0.2) is 4.98 Å². The molecular weight excluding hydrogens is 408 g/mol. The summed E-state index contributed by atoms with van der Waals surface area (Å²) in [6, 6.07) is 9.79. The Balaban J connectivity index is 1.87. The summed E-state index contributed by atoms with van der Waals surface area (Å²) in [5.74, 6) is 2.78. The number of pyridine rings is 1. The molecule has 0 N–H and O–H groups in total. The SMILES string of the molecule is CCC(=O)N1CCOc2c(cc(-c3cc(C)c4cc(OC)cc(OC)c4n3)cc2OC)C1. The second kappa shape index (κ2) is 8.94. The molecule has 2 aromatic carbocycles. The number of fused-ring (bicyclic) bond motifs is 2. The lowest BCUT2D eigenvalue weighted by atomic mass is 10.0. The minimum Gasteiger partial charge on any atom is -0.497 e. The highest BCUT2D eigenvalue weighted by atomic mass is 16.5. The van der Waals surface area contributed by atoms with Crippen LogP contribution in [0.1, 0.15) is 24.5 Å². The van der Waals surface area contributed by atoms with Crippen molar-refractivity contribution < 1.29 is 23.7 Å². The molecule has 1 aliphatic heterocycles. The summed E-state index contributed by atoms with van der Waals surface area (Å²) in [4.78, 5) is 19.1. The molecule has 0 atom stereocenters. The number of rotatable bonds is 5. The van der Waals surface area contributed by atoms with E-state index in [1.807, 2.05) is 49.1 Å². The van der Waals surface area contributed by atoms with Gasteiger partial charge in [0.2, 0.25) is 5.91 Å². The third-order valence-electron chi connectivity index (χ3n) is 5.79. The average molecular weight is 437 g/mol. The normalized spacial score (nSPS) is 13.2. The Hall–Kier alpha value is -3.48. The number of carbonyl (C=O) groups excluding carboxylic acids is 1. The van der Waals surface area contributed by atoms with Crippen LogP contribution < -0.4 is 18.9 Å². The van der Waals surface area contributed by atoms with Gasteiger partial charge in [0.1, 0.15) is 23.6 Å². The van der Waals surface area contributed by atoms with Crippen molar-refractivity contribution in [2.24, 2.45) is 0 Å². The Morgan fingerprint density at radius 2 is 1.84 bits per heavy atom. The summed E-state index contributed by atoms with van der Waals surface area (Å²) in [6.45, 7) is 5.36. The molecular formula is C25H28N2O5. The van der Waals surface area contributed by atoms with Crippen molar-refractivity contribution in [1.29, 1.82) is 0 Å². The smallest absolute Gasteiger partial charge is 0.222 e. The number of nitrogens with zero attached hydrogens (tertiary/aromatic N) is 2. The maximum Gasteiger partial charge on any atom is 0.222 e. The monoisotopic (exact) mass is 436 g/mol. The molecule has 0 spiro atoms. The van der Waals surface area contributed by atoms with Gasteiger partial charge in [0.15, 0.2) is 11.5 Å². The van der Waals surface area contributed by atoms with Crippen LogP contribution in [-0.4, -0.2) is 50.3 Å². The van der Waals surface area contributed by atoms with Crippen LogP contribution in [-0.2, 0) is 11.3 Å². The molecule has 4 rings (SSSR count). The number of methoxy groups -OCH3 is 3. The first-order chi connectivity index (χ1) is 15.5. The standard InChI is InChI=1S/C25H28N2O5/c1-6-23(28)27-7-8-32-25-17(14-27)10-16(11-22(25)31-5)20-9-15(2)19-12-18(29-3)13-21(30-4)24(19)26-20/h9-13H,6-8,14H2,1-5H3. The molecule has 7 heteroatoms. The number of hydrogen-bond acceptors (Lipinski definition) is 6. The Labute approximate surface area is 187 Å². The second-order valence-electron chi connectivity index (χ2n) is 7.73. The van der Waals surface area contributed by atoms with Crippen LogP contribution in [0.25, 0.3) is 22.2 Å². The van der Waals surface area contributed by atoms with Crippen molar-refractivity contribution in [3.05, 3.63) is 41.5 Å². The fourth-order valence-corrected chi connectivity index (χ4v) is 4.08. The van der Waals surface area contributed by atoms with Crippen LogP contribution in [0, 0.1) is 6.92 Å². The Morgan fingerprint density at radius 1 is 1.06 bits per heavy atom. The van der Waals surface area contributed by atoms with Crippen LogP contribution >= 0.6 is 0 Å². The van der Waals surface area contributed by atoms with Crippen LogP contribution in [0.2, 0.25) is 0 Å². The quantitative estimate of drug-likeness (QED) is 0.592. The summed E-state index contributed by atoms with van der Waals surface area (Å²) in [5.41, 5.74) is 4.39. The molecule has 0 aliphatic carbocycles. The van der Waals surface area contributed by atoms with Gasteiger partial charge in [-0.05, 0) is 36.8 Å². The van der Waals surface area contributed by atoms with E-state index in [0.29, 0.717) is 43.4 Å². The minimum absolute atomic E-state index is 0.101. The molecule has 0 fully saturated rings. The van der Waals surface area contributed by atoms with Crippen molar-refractivity contribution in [2.45, 2.75) is 26.8 Å². The first-order valence-corrected chi connectivity index (χ1v) is 10.6. The lowest BCUT2D eigenvalue weighted by Crippen LogP contribution is -2.31. The number of hydrogen-bond donors (Lipinski definition) is 0. The highest BCUT2D eigenvalue weighted by Crippen LogP contribution is 2.40. The highest BCUT2D eigenvalue weighted by molar-refractivity contribution is 5.91. The first kappa shape index (κ1) is 21.7. The third kappa shape index (κ3) is 3.90. The summed E-state index contributed by atoms with van der Waals surface area (Å²) in [7, 11) is 4.88. The predicted molar refractivity (Wildman–Crippen MR) is 123 cm³/mol. The fraction of sp³-hybridized carbons (Fsp3) is 0.360. The number of aryl methyl sites for hydroxylation is 1. The van der Waals surface area contributed by atoms with E-state index in [1.54, 1.807) is 21.3 Å². The van der Waals surface area contributed by atoms with Crippen molar-refractivity contribution in [3.63, 3.8) is 0 Å².